The molecule has 0 radical (unpaired) electrons. The molecule has 0 unspecified atom stereocenters. The Bertz CT molecular complexity index is 1020. The molecule has 150 valence electrons. The molecule has 29 heavy (non-hydrogen) atoms. The first-order valence-electron chi connectivity index (χ1n) is 9.82. The number of rotatable bonds is 5. The quantitative estimate of drug-likeness (QED) is 0.676. The number of anilines is 2. The Morgan fingerprint density at radius 3 is 2.59 bits per heavy atom. The van der Waals surface area contributed by atoms with Gasteiger partial charge in [-0.2, -0.15) is 5.10 Å². The Morgan fingerprint density at radius 1 is 1.14 bits per heavy atom. The number of aryl methyl sites for hydroxylation is 1. The van der Waals surface area contributed by atoms with Gasteiger partial charge in [-0.1, -0.05) is 29.8 Å². The number of hydrogen-bond acceptors (Lipinski definition) is 4. The van der Waals surface area contributed by atoms with Crippen LogP contribution in [0, 0.1) is 13.8 Å². The van der Waals surface area contributed by atoms with Gasteiger partial charge in [0.05, 0.1) is 29.7 Å². The van der Waals surface area contributed by atoms with Crippen LogP contribution in [0.15, 0.2) is 42.6 Å². The summed E-state index contributed by atoms with van der Waals surface area (Å²) < 4.78 is 1.82. The predicted octanol–water partition coefficient (Wildman–Crippen LogP) is 4.45. The summed E-state index contributed by atoms with van der Waals surface area (Å²) in [5.74, 6) is 0.779. The van der Waals surface area contributed by atoms with Gasteiger partial charge in [-0.3, -0.25) is 9.48 Å². The monoisotopic (exact) mass is 409 g/mol. The zero-order valence-electron chi connectivity index (χ0n) is 16.7. The van der Waals surface area contributed by atoms with Gasteiger partial charge in [0, 0.05) is 23.8 Å². The second-order valence-corrected chi connectivity index (χ2v) is 7.76. The molecule has 0 aliphatic carbocycles. The highest BCUT2D eigenvalue weighted by Gasteiger charge is 2.20. The summed E-state index contributed by atoms with van der Waals surface area (Å²) in [4.78, 5) is 19.7. The molecule has 3 aromatic rings. The van der Waals surface area contributed by atoms with Crippen LogP contribution in [0.2, 0.25) is 5.02 Å². The third kappa shape index (κ3) is 4.12. The van der Waals surface area contributed by atoms with Crippen LogP contribution in [0.3, 0.4) is 0 Å². The molecule has 1 aliphatic heterocycles. The number of nitrogens with zero attached hydrogens (tertiary/aromatic N) is 4. The van der Waals surface area contributed by atoms with Crippen LogP contribution < -0.4 is 10.2 Å². The summed E-state index contributed by atoms with van der Waals surface area (Å²) in [6, 6.07) is 11.5. The van der Waals surface area contributed by atoms with Crippen molar-refractivity contribution in [3.05, 3.63) is 70.1 Å². The number of aromatic nitrogens is 3. The molecule has 4 rings (SSSR count). The zero-order chi connectivity index (χ0) is 20.4. The van der Waals surface area contributed by atoms with Crippen LogP contribution in [0.25, 0.3) is 0 Å². The minimum absolute atomic E-state index is 0.180. The molecule has 0 spiro atoms. The van der Waals surface area contributed by atoms with E-state index < -0.39 is 0 Å². The molecule has 1 fully saturated rings. The summed E-state index contributed by atoms with van der Waals surface area (Å²) in [6.07, 6.45) is 4.12. The second-order valence-electron chi connectivity index (χ2n) is 7.35. The number of hydrogen-bond donors (Lipinski definition) is 1. The van der Waals surface area contributed by atoms with Gasteiger partial charge in [0.1, 0.15) is 5.82 Å². The van der Waals surface area contributed by atoms with Crippen molar-refractivity contribution < 1.29 is 4.79 Å². The molecule has 6 nitrogen and oxygen atoms in total. The van der Waals surface area contributed by atoms with Crippen molar-refractivity contribution in [1.82, 2.24) is 14.8 Å². The summed E-state index contributed by atoms with van der Waals surface area (Å²) in [5.41, 5.74) is 3.72. The number of carbonyl (C=O) groups excluding carboxylic acids is 1. The van der Waals surface area contributed by atoms with Gasteiger partial charge < -0.3 is 10.2 Å². The fourth-order valence-electron chi connectivity index (χ4n) is 3.75. The minimum Gasteiger partial charge on any atom is -0.357 e. The number of pyridine rings is 1. The highest BCUT2D eigenvalue weighted by atomic mass is 35.5. The van der Waals surface area contributed by atoms with Crippen molar-refractivity contribution in [3.8, 4) is 0 Å². The molecule has 0 atom stereocenters. The van der Waals surface area contributed by atoms with E-state index >= 15 is 0 Å². The number of nitrogens with one attached hydrogen (secondary N) is 1. The van der Waals surface area contributed by atoms with E-state index in [9.17, 15) is 4.79 Å². The molecular weight excluding hydrogens is 386 g/mol. The highest BCUT2D eigenvalue weighted by Crippen LogP contribution is 2.22. The van der Waals surface area contributed by atoms with Crippen LogP contribution in [0.1, 0.15) is 40.2 Å². The number of amides is 1. The van der Waals surface area contributed by atoms with Gasteiger partial charge in [0.2, 0.25) is 0 Å². The Balaban J connectivity index is 1.50. The van der Waals surface area contributed by atoms with Crippen LogP contribution in [0.4, 0.5) is 11.5 Å². The predicted molar refractivity (Wildman–Crippen MR) is 116 cm³/mol. The zero-order valence-corrected chi connectivity index (χ0v) is 17.4. The van der Waals surface area contributed by atoms with Crippen LogP contribution in [-0.2, 0) is 6.54 Å². The minimum atomic E-state index is -0.180. The van der Waals surface area contributed by atoms with Crippen molar-refractivity contribution in [1.29, 1.82) is 0 Å². The average Bonchev–Trinajstić information content (AvgIpc) is 3.33. The lowest BCUT2D eigenvalue weighted by Crippen LogP contribution is -2.19. The molecule has 1 saturated heterocycles. The van der Waals surface area contributed by atoms with E-state index in [2.05, 4.69) is 20.3 Å². The second kappa shape index (κ2) is 8.25. The first-order chi connectivity index (χ1) is 14.0. The molecule has 1 aliphatic rings. The third-order valence-corrected chi connectivity index (χ3v) is 5.69. The largest absolute Gasteiger partial charge is 0.357 e. The van der Waals surface area contributed by atoms with Crippen LogP contribution in [0.5, 0.6) is 0 Å². The summed E-state index contributed by atoms with van der Waals surface area (Å²) in [6.45, 7) is 6.36. The van der Waals surface area contributed by atoms with Crippen molar-refractivity contribution in [2.75, 3.05) is 23.3 Å². The maximum atomic E-state index is 12.9. The molecule has 0 bridgehead atoms. The van der Waals surface area contributed by atoms with Crippen LogP contribution >= 0.6 is 11.6 Å². The number of carbonyl (C=O) groups is 1. The third-order valence-electron chi connectivity index (χ3n) is 5.32. The summed E-state index contributed by atoms with van der Waals surface area (Å²) in [5, 5.41) is 8.19. The van der Waals surface area contributed by atoms with Crippen molar-refractivity contribution in [2.45, 2.75) is 33.2 Å². The normalized spacial score (nSPS) is 13.7. The van der Waals surface area contributed by atoms with Crippen LogP contribution in [-0.4, -0.2) is 33.8 Å². The molecule has 1 amide bonds. The fourth-order valence-corrected chi connectivity index (χ4v) is 3.95. The molecular formula is C22H24ClN5O. The van der Waals surface area contributed by atoms with E-state index in [1.807, 2.05) is 54.9 Å². The lowest BCUT2D eigenvalue weighted by molar-refractivity contribution is 0.102. The molecule has 3 heterocycles. The van der Waals surface area contributed by atoms with Gasteiger partial charge in [0.15, 0.2) is 0 Å². The topological polar surface area (TPSA) is 63.1 Å². The molecule has 2 aromatic heterocycles. The molecule has 1 aromatic carbocycles. The molecule has 7 heteroatoms. The SMILES string of the molecule is Cc1nn(Cc2ccccc2Cl)c(C)c1C(=O)Nc1ccc(N2CCCC2)nc1. The lowest BCUT2D eigenvalue weighted by Gasteiger charge is -2.16. The molecule has 1 N–H and O–H groups in total. The van der Waals surface area contributed by atoms with E-state index in [4.69, 9.17) is 11.6 Å². The summed E-state index contributed by atoms with van der Waals surface area (Å²) in [7, 11) is 0. The maximum absolute atomic E-state index is 12.9. The van der Waals surface area contributed by atoms with E-state index in [-0.39, 0.29) is 5.91 Å². The molecule has 0 saturated carbocycles. The van der Waals surface area contributed by atoms with E-state index in [1.54, 1.807) is 6.20 Å². The number of halogens is 1. The Morgan fingerprint density at radius 2 is 1.90 bits per heavy atom. The number of benzene rings is 1. The standard InChI is InChI=1S/C22H24ClN5O/c1-15-21(16(2)28(26-15)14-17-7-3-4-8-19(17)23)22(29)25-18-9-10-20(24-13-18)27-11-5-6-12-27/h3-4,7-10,13H,5-6,11-12,14H2,1-2H3,(H,25,29). The van der Waals surface area contributed by atoms with Gasteiger partial charge in [-0.15, -0.1) is 0 Å². The summed E-state index contributed by atoms with van der Waals surface area (Å²) >= 11 is 6.27. The van der Waals surface area contributed by atoms with Crippen molar-refractivity contribution >= 4 is 29.0 Å². The van der Waals surface area contributed by atoms with E-state index in [0.717, 1.165) is 30.2 Å². The van der Waals surface area contributed by atoms with Gasteiger partial charge in [-0.05, 0) is 50.5 Å². The lowest BCUT2D eigenvalue weighted by atomic mass is 10.1. The van der Waals surface area contributed by atoms with E-state index in [0.29, 0.717) is 28.5 Å². The Kier molecular flexibility index (Phi) is 5.53. The smallest absolute Gasteiger partial charge is 0.259 e. The Hall–Kier alpha value is -2.86. The maximum Gasteiger partial charge on any atom is 0.259 e. The first-order valence-corrected chi connectivity index (χ1v) is 10.2. The first kappa shape index (κ1) is 19.5. The fraction of sp³-hybridized carbons (Fsp3) is 0.318. The van der Waals surface area contributed by atoms with Crippen molar-refractivity contribution in [3.63, 3.8) is 0 Å². The van der Waals surface area contributed by atoms with E-state index in [1.165, 1.54) is 12.8 Å². The highest BCUT2D eigenvalue weighted by molar-refractivity contribution is 6.31. The van der Waals surface area contributed by atoms with Gasteiger partial charge in [0.25, 0.3) is 5.91 Å². The average molecular weight is 410 g/mol. The van der Waals surface area contributed by atoms with Crippen molar-refractivity contribution in [2.24, 2.45) is 0 Å². The van der Waals surface area contributed by atoms with Gasteiger partial charge in [-0.25, -0.2) is 4.98 Å². The Labute approximate surface area is 175 Å². The van der Waals surface area contributed by atoms with Gasteiger partial charge >= 0.3 is 0 Å².